The predicted molar refractivity (Wildman–Crippen MR) is 105 cm³/mol. The van der Waals surface area contributed by atoms with Gasteiger partial charge in [0.1, 0.15) is 5.76 Å². The van der Waals surface area contributed by atoms with Crippen LogP contribution in [0.15, 0.2) is 48.2 Å². The van der Waals surface area contributed by atoms with Gasteiger partial charge in [-0.25, -0.2) is 0 Å². The molecular weight excluding hydrogens is 310 g/mol. The van der Waals surface area contributed by atoms with Gasteiger partial charge in [0.15, 0.2) is 0 Å². The highest BCUT2D eigenvalue weighted by Crippen LogP contribution is 2.24. The third kappa shape index (κ3) is 4.76. The van der Waals surface area contributed by atoms with Gasteiger partial charge in [0.2, 0.25) is 0 Å². The molecule has 3 rings (SSSR count). The summed E-state index contributed by atoms with van der Waals surface area (Å²) in [5, 5.41) is 11.3. The summed E-state index contributed by atoms with van der Waals surface area (Å²) in [4.78, 5) is 0. The van der Waals surface area contributed by atoms with Gasteiger partial charge in [-0.15, -0.1) is 0 Å². The zero-order chi connectivity index (χ0) is 17.5. The number of fused-ring (bicyclic) bond motifs is 1. The number of aliphatic hydroxyl groups is 1. The standard InChI is InChI=1S/C22H29NO2/c1-2-3-4-10-20(24)14-13-19-16-18-9-5-6-12-22(18)23(19)17-21-11-7-8-15-25-21/h5-6,9-10,12-14,16,21,24H,2-4,7-8,11,15,17H2,1H3/b14-13+,20-10+. The summed E-state index contributed by atoms with van der Waals surface area (Å²) in [6, 6.07) is 10.6. The summed E-state index contributed by atoms with van der Waals surface area (Å²) in [5.74, 6) is 0.346. The van der Waals surface area contributed by atoms with Gasteiger partial charge in [0.25, 0.3) is 0 Å². The second-order valence-corrected chi connectivity index (χ2v) is 6.83. The fourth-order valence-corrected chi connectivity index (χ4v) is 3.42. The van der Waals surface area contributed by atoms with Crippen LogP contribution in [0.3, 0.4) is 0 Å². The number of allylic oxidation sites excluding steroid dienone is 2. The molecule has 1 aliphatic rings. The quantitative estimate of drug-likeness (QED) is 0.390. The highest BCUT2D eigenvalue weighted by Gasteiger charge is 2.17. The second-order valence-electron chi connectivity index (χ2n) is 6.83. The summed E-state index contributed by atoms with van der Waals surface area (Å²) in [7, 11) is 0. The van der Waals surface area contributed by atoms with Crippen LogP contribution in [-0.2, 0) is 11.3 Å². The van der Waals surface area contributed by atoms with Crippen molar-refractivity contribution in [3.05, 3.63) is 53.9 Å². The molecule has 134 valence electrons. The molecule has 3 heteroatoms. The Labute approximate surface area is 150 Å². The summed E-state index contributed by atoms with van der Waals surface area (Å²) in [6.45, 7) is 3.90. The van der Waals surface area contributed by atoms with Crippen molar-refractivity contribution in [1.29, 1.82) is 0 Å². The maximum Gasteiger partial charge on any atom is 0.111 e. The molecule has 0 radical (unpaired) electrons. The molecule has 1 aliphatic heterocycles. The van der Waals surface area contributed by atoms with E-state index < -0.39 is 0 Å². The first-order chi connectivity index (χ1) is 12.3. The molecule has 0 spiro atoms. The van der Waals surface area contributed by atoms with Gasteiger partial charge >= 0.3 is 0 Å². The molecule has 1 aromatic heterocycles. The predicted octanol–water partition coefficient (Wildman–Crippen LogP) is 5.86. The number of hydrogen-bond acceptors (Lipinski definition) is 2. The highest BCUT2D eigenvalue weighted by atomic mass is 16.5. The van der Waals surface area contributed by atoms with Gasteiger partial charge in [0.05, 0.1) is 6.10 Å². The van der Waals surface area contributed by atoms with E-state index in [1.165, 1.54) is 23.7 Å². The zero-order valence-electron chi connectivity index (χ0n) is 15.2. The third-order valence-corrected chi connectivity index (χ3v) is 4.84. The van der Waals surface area contributed by atoms with Gasteiger partial charge < -0.3 is 14.4 Å². The molecule has 1 atom stereocenters. The molecule has 0 aliphatic carbocycles. The number of para-hydroxylation sites is 1. The summed E-state index contributed by atoms with van der Waals surface area (Å²) in [5.41, 5.74) is 2.34. The van der Waals surface area contributed by atoms with Crippen LogP contribution < -0.4 is 0 Å². The number of benzene rings is 1. The molecule has 0 saturated carbocycles. The van der Waals surface area contributed by atoms with Crippen LogP contribution in [0, 0.1) is 0 Å². The van der Waals surface area contributed by atoms with E-state index in [2.05, 4.69) is 41.8 Å². The Balaban J connectivity index is 1.83. The van der Waals surface area contributed by atoms with Crippen LogP contribution in [-0.4, -0.2) is 22.4 Å². The summed E-state index contributed by atoms with van der Waals surface area (Å²) < 4.78 is 8.26. The molecule has 1 N–H and O–H groups in total. The van der Waals surface area contributed by atoms with Crippen molar-refractivity contribution >= 4 is 17.0 Å². The molecule has 2 aromatic rings. The van der Waals surface area contributed by atoms with Crippen molar-refractivity contribution in [1.82, 2.24) is 4.57 Å². The van der Waals surface area contributed by atoms with Crippen LogP contribution in [0.1, 0.15) is 51.1 Å². The van der Waals surface area contributed by atoms with Gasteiger partial charge in [-0.1, -0.05) is 31.5 Å². The van der Waals surface area contributed by atoms with Gasteiger partial charge in [0, 0.05) is 29.7 Å². The van der Waals surface area contributed by atoms with E-state index in [1.54, 1.807) is 0 Å². The number of nitrogens with zero attached hydrogens (tertiary/aromatic N) is 1. The maximum atomic E-state index is 10.1. The molecule has 0 amide bonds. The van der Waals surface area contributed by atoms with E-state index in [0.29, 0.717) is 5.76 Å². The fourth-order valence-electron chi connectivity index (χ4n) is 3.42. The first kappa shape index (κ1) is 17.8. The van der Waals surface area contributed by atoms with E-state index in [4.69, 9.17) is 4.74 Å². The van der Waals surface area contributed by atoms with Crippen molar-refractivity contribution in [2.24, 2.45) is 0 Å². The molecule has 25 heavy (non-hydrogen) atoms. The first-order valence-electron chi connectivity index (χ1n) is 9.55. The molecule has 2 heterocycles. The van der Waals surface area contributed by atoms with E-state index in [1.807, 2.05) is 18.2 Å². The largest absolute Gasteiger partial charge is 0.508 e. The first-order valence-corrected chi connectivity index (χ1v) is 9.55. The Kier molecular flexibility index (Phi) is 6.35. The minimum atomic E-state index is 0.283. The monoisotopic (exact) mass is 339 g/mol. The molecular formula is C22H29NO2. The Hall–Kier alpha value is -2.00. The van der Waals surface area contributed by atoms with Crippen LogP contribution in [0.2, 0.25) is 0 Å². The Morgan fingerprint density at radius 3 is 3.00 bits per heavy atom. The Bertz CT molecular complexity index is 736. The minimum Gasteiger partial charge on any atom is -0.508 e. The zero-order valence-corrected chi connectivity index (χ0v) is 15.2. The van der Waals surface area contributed by atoms with Crippen molar-refractivity contribution in [3.8, 4) is 0 Å². The van der Waals surface area contributed by atoms with E-state index in [-0.39, 0.29) is 6.10 Å². The fraction of sp³-hybridized carbons (Fsp3) is 0.455. The molecule has 1 unspecified atom stereocenters. The van der Waals surface area contributed by atoms with Gasteiger partial charge in [-0.2, -0.15) is 0 Å². The minimum absolute atomic E-state index is 0.283. The number of aliphatic hydroxyl groups excluding tert-OH is 1. The second kappa shape index (κ2) is 8.91. The summed E-state index contributed by atoms with van der Waals surface area (Å²) >= 11 is 0. The highest BCUT2D eigenvalue weighted by molar-refractivity contribution is 5.83. The number of rotatable bonds is 7. The topological polar surface area (TPSA) is 34.4 Å². The molecule has 3 nitrogen and oxygen atoms in total. The Morgan fingerprint density at radius 2 is 2.20 bits per heavy atom. The number of ether oxygens (including phenoxy) is 1. The van der Waals surface area contributed by atoms with E-state index in [0.717, 1.165) is 44.5 Å². The number of unbranched alkanes of at least 4 members (excludes halogenated alkanes) is 2. The Morgan fingerprint density at radius 1 is 1.32 bits per heavy atom. The number of hydrogen-bond donors (Lipinski definition) is 1. The number of aromatic nitrogens is 1. The van der Waals surface area contributed by atoms with Gasteiger partial charge in [-0.05, 0) is 62.5 Å². The van der Waals surface area contributed by atoms with Crippen LogP contribution in [0.25, 0.3) is 17.0 Å². The average Bonchev–Trinajstić information content (AvgIpc) is 2.99. The normalized spacial score (nSPS) is 19.1. The molecule has 0 bridgehead atoms. The lowest BCUT2D eigenvalue weighted by molar-refractivity contribution is 0.00661. The van der Waals surface area contributed by atoms with Crippen molar-refractivity contribution in [2.45, 2.75) is 58.1 Å². The molecule has 1 aromatic carbocycles. The lowest BCUT2D eigenvalue weighted by atomic mass is 10.1. The lowest BCUT2D eigenvalue weighted by Gasteiger charge is -2.24. The van der Waals surface area contributed by atoms with Crippen LogP contribution >= 0.6 is 0 Å². The van der Waals surface area contributed by atoms with Crippen molar-refractivity contribution in [3.63, 3.8) is 0 Å². The van der Waals surface area contributed by atoms with Crippen LogP contribution in [0.4, 0.5) is 0 Å². The van der Waals surface area contributed by atoms with E-state index >= 15 is 0 Å². The van der Waals surface area contributed by atoms with Crippen LogP contribution in [0.5, 0.6) is 0 Å². The SMILES string of the molecule is CCCC/C=C(O)\C=C\c1cc2ccccc2n1CC1CCCCO1. The molecule has 1 saturated heterocycles. The third-order valence-electron chi connectivity index (χ3n) is 4.84. The van der Waals surface area contributed by atoms with E-state index in [9.17, 15) is 5.11 Å². The molecule has 1 fully saturated rings. The van der Waals surface area contributed by atoms with Gasteiger partial charge in [-0.3, -0.25) is 0 Å². The van der Waals surface area contributed by atoms with Crippen molar-refractivity contribution in [2.75, 3.05) is 6.61 Å². The summed E-state index contributed by atoms with van der Waals surface area (Å²) in [6.07, 6.45) is 12.7. The lowest BCUT2D eigenvalue weighted by Crippen LogP contribution is -2.24. The maximum absolute atomic E-state index is 10.1. The smallest absolute Gasteiger partial charge is 0.111 e. The average molecular weight is 339 g/mol. The van der Waals surface area contributed by atoms with Crippen molar-refractivity contribution < 1.29 is 9.84 Å².